The number of carbonyl (C=O) groups is 1. The molecule has 0 bridgehead atoms. The number of fused-ring (bicyclic) bond motifs is 1. The van der Waals surface area contributed by atoms with E-state index in [-0.39, 0.29) is 11.5 Å². The maximum absolute atomic E-state index is 12.9. The van der Waals surface area contributed by atoms with Crippen LogP contribution in [0.2, 0.25) is 0 Å². The largest absolute Gasteiger partial charge is 0.497 e. The molecular formula is C31H33NO5. The van der Waals surface area contributed by atoms with Crippen molar-refractivity contribution in [2.45, 2.75) is 19.3 Å². The van der Waals surface area contributed by atoms with E-state index in [1.54, 1.807) is 38.5 Å². The summed E-state index contributed by atoms with van der Waals surface area (Å²) in [6.45, 7) is 3.69. The summed E-state index contributed by atoms with van der Waals surface area (Å²) in [7, 11) is 3.18. The summed E-state index contributed by atoms with van der Waals surface area (Å²) in [5, 5.41) is 0. The molecule has 1 saturated heterocycles. The molecular weight excluding hydrogens is 466 g/mol. The number of ketones is 1. The highest BCUT2D eigenvalue weighted by molar-refractivity contribution is 6.14. The van der Waals surface area contributed by atoms with E-state index in [1.165, 1.54) is 24.8 Å². The fourth-order valence-electron chi connectivity index (χ4n) is 4.99. The molecule has 2 heterocycles. The van der Waals surface area contributed by atoms with Crippen LogP contribution < -0.4 is 18.9 Å². The fourth-order valence-corrected chi connectivity index (χ4v) is 4.99. The third-order valence-corrected chi connectivity index (χ3v) is 7.12. The second kappa shape index (κ2) is 11.5. The van der Waals surface area contributed by atoms with Gasteiger partial charge in [-0.15, -0.1) is 0 Å². The van der Waals surface area contributed by atoms with Crippen LogP contribution in [0.4, 0.5) is 0 Å². The Morgan fingerprint density at radius 1 is 0.946 bits per heavy atom. The molecule has 3 aromatic rings. The minimum atomic E-state index is -0.155. The number of Topliss-reactive ketones (excluding diaryl/α,β-unsaturated/α-hetero) is 1. The topological polar surface area (TPSA) is 57.2 Å². The molecule has 2 aliphatic heterocycles. The lowest BCUT2D eigenvalue weighted by molar-refractivity contribution is 0.101. The zero-order valence-electron chi connectivity index (χ0n) is 21.4. The van der Waals surface area contributed by atoms with Crippen LogP contribution in [0.15, 0.2) is 72.5 Å². The average Bonchev–Trinajstić information content (AvgIpc) is 3.24. The quantitative estimate of drug-likeness (QED) is 0.355. The van der Waals surface area contributed by atoms with Crippen LogP contribution in [0.25, 0.3) is 6.08 Å². The number of likely N-dealkylation sites (tertiary alicyclic amines) is 1. The van der Waals surface area contributed by atoms with Gasteiger partial charge in [0.15, 0.2) is 5.76 Å². The van der Waals surface area contributed by atoms with Crippen molar-refractivity contribution in [2.75, 3.05) is 40.5 Å². The number of carbonyl (C=O) groups excluding carboxylic acids is 1. The first-order valence-electron chi connectivity index (χ1n) is 12.8. The molecule has 6 nitrogen and oxygen atoms in total. The Morgan fingerprint density at radius 2 is 1.73 bits per heavy atom. The summed E-state index contributed by atoms with van der Waals surface area (Å²) >= 11 is 0. The van der Waals surface area contributed by atoms with Crippen molar-refractivity contribution in [3.8, 4) is 23.0 Å². The van der Waals surface area contributed by atoms with Crippen molar-refractivity contribution in [3.63, 3.8) is 0 Å². The van der Waals surface area contributed by atoms with Crippen molar-refractivity contribution in [1.82, 2.24) is 4.90 Å². The number of ether oxygens (including phenoxy) is 4. The summed E-state index contributed by atoms with van der Waals surface area (Å²) in [5.74, 6) is 3.36. The van der Waals surface area contributed by atoms with Gasteiger partial charge in [0.05, 0.1) is 19.8 Å². The molecule has 0 atom stereocenters. The minimum Gasteiger partial charge on any atom is -0.497 e. The van der Waals surface area contributed by atoms with Gasteiger partial charge in [-0.3, -0.25) is 9.69 Å². The highest BCUT2D eigenvalue weighted by Crippen LogP contribution is 2.36. The first-order chi connectivity index (χ1) is 18.1. The number of benzene rings is 3. The standard InChI is InChI=1S/C31H33NO5/c1-34-25-9-8-24(28(20-25)35-2)19-30-31(33)27-11-10-26(21-29(27)37-30)36-17-16-32-14-12-23(13-15-32)18-22-6-4-3-5-7-22/h3-11,19-21,23H,12-18H2,1-2H3/b30-19-. The molecule has 0 N–H and O–H groups in total. The van der Waals surface area contributed by atoms with Crippen molar-refractivity contribution < 1.29 is 23.7 Å². The van der Waals surface area contributed by atoms with Gasteiger partial charge in [0.25, 0.3) is 0 Å². The Labute approximate surface area is 218 Å². The second-order valence-corrected chi connectivity index (χ2v) is 9.53. The predicted molar refractivity (Wildman–Crippen MR) is 144 cm³/mol. The Bertz CT molecular complexity index is 1260. The van der Waals surface area contributed by atoms with Gasteiger partial charge in [-0.25, -0.2) is 0 Å². The number of methoxy groups -OCH3 is 2. The van der Waals surface area contributed by atoms with E-state index >= 15 is 0 Å². The van der Waals surface area contributed by atoms with Gasteiger partial charge in [0, 0.05) is 24.2 Å². The molecule has 3 aromatic carbocycles. The SMILES string of the molecule is COc1ccc(/C=C2\Oc3cc(OCCN4CCC(Cc5ccccc5)CC4)ccc3C2=O)c(OC)c1. The zero-order chi connectivity index (χ0) is 25.6. The Hall–Kier alpha value is -3.77. The Balaban J connectivity index is 1.13. The van der Waals surface area contributed by atoms with Crippen molar-refractivity contribution in [1.29, 1.82) is 0 Å². The number of nitrogens with zero attached hydrogens (tertiary/aromatic N) is 1. The van der Waals surface area contributed by atoms with Crippen LogP contribution in [0.1, 0.15) is 34.3 Å². The van der Waals surface area contributed by atoms with Crippen LogP contribution in [0.3, 0.4) is 0 Å². The van der Waals surface area contributed by atoms with E-state index in [0.29, 0.717) is 35.2 Å². The summed E-state index contributed by atoms with van der Waals surface area (Å²) < 4.78 is 22.6. The first-order valence-corrected chi connectivity index (χ1v) is 12.8. The Morgan fingerprint density at radius 3 is 2.49 bits per heavy atom. The van der Waals surface area contributed by atoms with E-state index in [0.717, 1.165) is 31.1 Å². The molecule has 192 valence electrons. The van der Waals surface area contributed by atoms with Gasteiger partial charge in [-0.05, 0) is 74.2 Å². The maximum Gasteiger partial charge on any atom is 0.231 e. The summed E-state index contributed by atoms with van der Waals surface area (Å²) in [5.41, 5.74) is 2.71. The van der Waals surface area contributed by atoms with Crippen molar-refractivity contribution in [2.24, 2.45) is 5.92 Å². The van der Waals surface area contributed by atoms with E-state index < -0.39 is 0 Å². The molecule has 0 amide bonds. The van der Waals surface area contributed by atoms with Gasteiger partial charge in [-0.2, -0.15) is 0 Å². The molecule has 6 heteroatoms. The number of hydrogen-bond acceptors (Lipinski definition) is 6. The van der Waals surface area contributed by atoms with Gasteiger partial charge < -0.3 is 18.9 Å². The smallest absolute Gasteiger partial charge is 0.231 e. The molecule has 2 aliphatic rings. The maximum atomic E-state index is 12.9. The first kappa shape index (κ1) is 24.9. The van der Waals surface area contributed by atoms with Crippen LogP contribution in [-0.2, 0) is 6.42 Å². The third kappa shape index (κ3) is 5.97. The van der Waals surface area contributed by atoms with Crippen molar-refractivity contribution in [3.05, 3.63) is 89.2 Å². The van der Waals surface area contributed by atoms with Gasteiger partial charge in [0.2, 0.25) is 5.78 Å². The molecule has 37 heavy (non-hydrogen) atoms. The lowest BCUT2D eigenvalue weighted by Gasteiger charge is -2.31. The van der Waals surface area contributed by atoms with E-state index in [9.17, 15) is 4.79 Å². The van der Waals surface area contributed by atoms with Crippen molar-refractivity contribution >= 4 is 11.9 Å². The number of rotatable bonds is 9. The molecule has 1 fully saturated rings. The van der Waals surface area contributed by atoms with Gasteiger partial charge >= 0.3 is 0 Å². The fraction of sp³-hybridized carbons (Fsp3) is 0.323. The number of hydrogen-bond donors (Lipinski definition) is 0. The molecule has 0 saturated carbocycles. The summed E-state index contributed by atoms with van der Waals surface area (Å²) in [6.07, 6.45) is 5.30. The number of allylic oxidation sites excluding steroid dienone is 1. The highest BCUT2D eigenvalue weighted by Gasteiger charge is 2.28. The molecule has 0 aliphatic carbocycles. The minimum absolute atomic E-state index is 0.155. The molecule has 0 aromatic heterocycles. The molecule has 0 spiro atoms. The van der Waals surface area contributed by atoms with E-state index in [4.69, 9.17) is 18.9 Å². The molecule has 5 rings (SSSR count). The lowest BCUT2D eigenvalue weighted by Crippen LogP contribution is -2.37. The normalized spacial score (nSPS) is 16.9. The lowest BCUT2D eigenvalue weighted by atomic mass is 9.90. The van der Waals surface area contributed by atoms with E-state index in [2.05, 4.69) is 35.2 Å². The molecule has 0 radical (unpaired) electrons. The van der Waals surface area contributed by atoms with Gasteiger partial charge in [0.1, 0.15) is 29.6 Å². The van der Waals surface area contributed by atoms with E-state index in [1.807, 2.05) is 18.2 Å². The highest BCUT2D eigenvalue weighted by atomic mass is 16.5. The zero-order valence-corrected chi connectivity index (χ0v) is 21.4. The van der Waals surface area contributed by atoms with Gasteiger partial charge in [-0.1, -0.05) is 30.3 Å². The number of piperidine rings is 1. The third-order valence-electron chi connectivity index (χ3n) is 7.12. The van der Waals surface area contributed by atoms with Crippen LogP contribution in [-0.4, -0.2) is 51.1 Å². The predicted octanol–water partition coefficient (Wildman–Crippen LogP) is 5.65. The second-order valence-electron chi connectivity index (χ2n) is 9.53. The average molecular weight is 500 g/mol. The monoisotopic (exact) mass is 499 g/mol. The molecule has 0 unspecified atom stereocenters. The Kier molecular flexibility index (Phi) is 7.76. The summed E-state index contributed by atoms with van der Waals surface area (Å²) in [4.78, 5) is 15.4. The van der Waals surface area contributed by atoms with Crippen LogP contribution in [0, 0.1) is 5.92 Å². The van der Waals surface area contributed by atoms with Crippen LogP contribution in [0.5, 0.6) is 23.0 Å². The summed E-state index contributed by atoms with van der Waals surface area (Å²) in [6, 6.07) is 21.6. The van der Waals surface area contributed by atoms with Crippen LogP contribution >= 0.6 is 0 Å².